The molecule has 0 saturated carbocycles. The van der Waals surface area contributed by atoms with Crippen LogP contribution in [0.2, 0.25) is 0 Å². The third-order valence-electron chi connectivity index (χ3n) is 2.90. The second-order valence-corrected chi connectivity index (χ2v) is 4.04. The molecule has 5 heteroatoms. The van der Waals surface area contributed by atoms with Crippen LogP contribution in [0.4, 0.5) is 0 Å². The molecule has 14 heavy (non-hydrogen) atoms. The zero-order valence-corrected chi connectivity index (χ0v) is 8.81. The van der Waals surface area contributed by atoms with Gasteiger partial charge in [0.2, 0.25) is 0 Å². The highest BCUT2D eigenvalue weighted by atomic mass is 16.5. The van der Waals surface area contributed by atoms with E-state index >= 15 is 0 Å². The van der Waals surface area contributed by atoms with Crippen molar-refractivity contribution in [3.8, 4) is 0 Å². The monoisotopic (exact) mass is 198 g/mol. The van der Waals surface area contributed by atoms with E-state index in [-0.39, 0.29) is 12.3 Å². The molecule has 80 valence electrons. The molecule has 2 heterocycles. The Morgan fingerprint density at radius 2 is 2.00 bits per heavy atom. The van der Waals surface area contributed by atoms with Crippen molar-refractivity contribution in [2.24, 2.45) is 10.7 Å². The van der Waals surface area contributed by atoms with Crippen LogP contribution in [0, 0.1) is 0 Å². The molecule has 1 saturated heterocycles. The van der Waals surface area contributed by atoms with Gasteiger partial charge in [0.15, 0.2) is 0 Å². The van der Waals surface area contributed by atoms with Crippen molar-refractivity contribution < 1.29 is 4.74 Å². The summed E-state index contributed by atoms with van der Waals surface area (Å²) in [6.07, 6.45) is 0.224. The number of amidine groups is 1. The van der Waals surface area contributed by atoms with Crippen molar-refractivity contribution >= 4 is 6.02 Å². The fourth-order valence-corrected chi connectivity index (χ4v) is 1.98. The maximum Gasteiger partial charge on any atom is 0.284 e. The largest absolute Gasteiger partial charge is 0.459 e. The molecule has 0 aromatic rings. The summed E-state index contributed by atoms with van der Waals surface area (Å²) in [6, 6.07) is 0.335. The Morgan fingerprint density at radius 3 is 2.50 bits per heavy atom. The molecule has 0 bridgehead atoms. The Kier molecular flexibility index (Phi) is 2.60. The van der Waals surface area contributed by atoms with E-state index in [4.69, 9.17) is 10.5 Å². The van der Waals surface area contributed by atoms with Gasteiger partial charge >= 0.3 is 0 Å². The number of nitrogens with zero attached hydrogens (tertiary/aromatic N) is 3. The first-order chi connectivity index (χ1) is 6.66. The van der Waals surface area contributed by atoms with Gasteiger partial charge in [0.25, 0.3) is 6.02 Å². The fourth-order valence-electron chi connectivity index (χ4n) is 1.98. The van der Waals surface area contributed by atoms with E-state index in [9.17, 15) is 0 Å². The predicted octanol–water partition coefficient (Wildman–Crippen LogP) is -0.707. The highest BCUT2D eigenvalue weighted by Gasteiger charge is 2.32. The molecule has 0 aromatic carbocycles. The average molecular weight is 198 g/mol. The summed E-state index contributed by atoms with van der Waals surface area (Å²) >= 11 is 0. The van der Waals surface area contributed by atoms with Gasteiger partial charge in [0.1, 0.15) is 12.3 Å². The van der Waals surface area contributed by atoms with E-state index in [2.05, 4.69) is 21.8 Å². The smallest absolute Gasteiger partial charge is 0.284 e. The standard InChI is InChI=1S/C9H18N4O/c1-7-8(11-9(10)14-7)13-5-3-12(2)4-6-13/h7-8H,3-6H2,1-2H3,(H2,10,11). The van der Waals surface area contributed by atoms with Gasteiger partial charge < -0.3 is 15.4 Å². The SMILES string of the molecule is CC1OC(N)=NC1N1CCN(C)CC1. The van der Waals surface area contributed by atoms with Crippen molar-refractivity contribution in [2.45, 2.75) is 19.2 Å². The minimum absolute atomic E-state index is 0.0957. The molecule has 2 aliphatic heterocycles. The van der Waals surface area contributed by atoms with Crippen LogP contribution < -0.4 is 5.73 Å². The number of hydrogen-bond donors (Lipinski definition) is 1. The molecule has 0 aromatic heterocycles. The topological polar surface area (TPSA) is 54.1 Å². The Bertz CT molecular complexity index is 235. The molecule has 2 aliphatic rings. The van der Waals surface area contributed by atoms with E-state index in [0.29, 0.717) is 6.02 Å². The number of aliphatic imine (C=N–C) groups is 1. The van der Waals surface area contributed by atoms with Crippen LogP contribution in [-0.4, -0.2) is 61.3 Å². The zero-order valence-electron chi connectivity index (χ0n) is 8.81. The lowest BCUT2D eigenvalue weighted by Crippen LogP contribution is -2.50. The van der Waals surface area contributed by atoms with Crippen molar-refractivity contribution in [2.75, 3.05) is 33.2 Å². The van der Waals surface area contributed by atoms with E-state index in [0.717, 1.165) is 26.2 Å². The van der Waals surface area contributed by atoms with E-state index in [1.165, 1.54) is 0 Å². The second-order valence-electron chi connectivity index (χ2n) is 4.04. The molecular formula is C9H18N4O. The van der Waals surface area contributed by atoms with Gasteiger partial charge in [-0.15, -0.1) is 0 Å². The van der Waals surface area contributed by atoms with Crippen LogP contribution in [0.15, 0.2) is 4.99 Å². The Hall–Kier alpha value is -0.810. The lowest BCUT2D eigenvalue weighted by atomic mass is 10.2. The fraction of sp³-hybridized carbons (Fsp3) is 0.889. The van der Waals surface area contributed by atoms with Gasteiger partial charge in [-0.05, 0) is 14.0 Å². The molecule has 2 N–H and O–H groups in total. The van der Waals surface area contributed by atoms with Gasteiger partial charge in [-0.25, -0.2) is 4.99 Å². The molecule has 0 spiro atoms. The number of nitrogens with two attached hydrogens (primary N) is 1. The van der Waals surface area contributed by atoms with E-state index in [1.54, 1.807) is 0 Å². The molecule has 2 atom stereocenters. The highest BCUT2D eigenvalue weighted by Crippen LogP contribution is 2.17. The van der Waals surface area contributed by atoms with Gasteiger partial charge in [-0.3, -0.25) is 4.90 Å². The second kappa shape index (κ2) is 3.74. The summed E-state index contributed by atoms with van der Waals surface area (Å²) < 4.78 is 5.33. The van der Waals surface area contributed by atoms with E-state index < -0.39 is 0 Å². The third kappa shape index (κ3) is 1.83. The quantitative estimate of drug-likeness (QED) is 0.605. The van der Waals surface area contributed by atoms with Crippen LogP contribution >= 0.6 is 0 Å². The predicted molar refractivity (Wildman–Crippen MR) is 55.0 cm³/mol. The normalized spacial score (nSPS) is 35.4. The number of ether oxygens (including phenoxy) is 1. The molecule has 0 aliphatic carbocycles. The molecule has 2 unspecified atom stereocenters. The van der Waals surface area contributed by atoms with Gasteiger partial charge in [0, 0.05) is 26.2 Å². The summed E-state index contributed by atoms with van der Waals surface area (Å²) in [5.74, 6) is 0. The summed E-state index contributed by atoms with van der Waals surface area (Å²) in [4.78, 5) is 8.96. The minimum atomic E-state index is 0.0957. The van der Waals surface area contributed by atoms with Crippen LogP contribution in [0.25, 0.3) is 0 Å². The van der Waals surface area contributed by atoms with Crippen molar-refractivity contribution in [3.05, 3.63) is 0 Å². The number of hydrogen-bond acceptors (Lipinski definition) is 5. The maximum atomic E-state index is 5.54. The average Bonchev–Trinajstić information content (AvgIpc) is 2.47. The number of piperazine rings is 1. The zero-order chi connectivity index (χ0) is 10.1. The lowest BCUT2D eigenvalue weighted by molar-refractivity contribution is 0.0637. The number of rotatable bonds is 1. The Morgan fingerprint density at radius 1 is 1.36 bits per heavy atom. The van der Waals surface area contributed by atoms with Crippen molar-refractivity contribution in [3.63, 3.8) is 0 Å². The molecular weight excluding hydrogens is 180 g/mol. The van der Waals surface area contributed by atoms with Crippen LogP contribution in [0.1, 0.15) is 6.92 Å². The Labute approximate surface area is 84.5 Å². The number of likely N-dealkylation sites (N-methyl/N-ethyl adjacent to an activating group) is 1. The maximum absolute atomic E-state index is 5.54. The minimum Gasteiger partial charge on any atom is -0.459 e. The molecule has 0 radical (unpaired) electrons. The lowest BCUT2D eigenvalue weighted by Gasteiger charge is -2.35. The third-order valence-corrected chi connectivity index (χ3v) is 2.90. The Balaban J connectivity index is 1.95. The first-order valence-corrected chi connectivity index (χ1v) is 5.09. The van der Waals surface area contributed by atoms with Gasteiger partial charge in [-0.2, -0.15) is 0 Å². The van der Waals surface area contributed by atoms with Crippen molar-refractivity contribution in [1.29, 1.82) is 0 Å². The van der Waals surface area contributed by atoms with Gasteiger partial charge in [-0.1, -0.05) is 0 Å². The molecule has 1 fully saturated rings. The van der Waals surface area contributed by atoms with Crippen molar-refractivity contribution in [1.82, 2.24) is 9.80 Å². The molecule has 5 nitrogen and oxygen atoms in total. The summed E-state index contributed by atoms with van der Waals surface area (Å²) in [7, 11) is 2.14. The molecule has 2 rings (SSSR count). The summed E-state index contributed by atoms with van der Waals surface area (Å²) in [5.41, 5.74) is 5.54. The van der Waals surface area contributed by atoms with Gasteiger partial charge in [0.05, 0.1) is 0 Å². The highest BCUT2D eigenvalue weighted by molar-refractivity contribution is 5.73. The summed E-state index contributed by atoms with van der Waals surface area (Å²) in [5, 5.41) is 0. The first-order valence-electron chi connectivity index (χ1n) is 5.09. The van der Waals surface area contributed by atoms with Crippen LogP contribution in [-0.2, 0) is 4.74 Å². The van der Waals surface area contributed by atoms with Crippen LogP contribution in [0.5, 0.6) is 0 Å². The summed E-state index contributed by atoms with van der Waals surface area (Å²) in [6.45, 7) is 6.31. The van der Waals surface area contributed by atoms with E-state index in [1.807, 2.05) is 6.92 Å². The first kappa shape index (κ1) is 9.73. The molecule has 0 amide bonds. The van der Waals surface area contributed by atoms with Crippen LogP contribution in [0.3, 0.4) is 0 Å².